The van der Waals surface area contributed by atoms with E-state index in [0.29, 0.717) is 11.3 Å². The lowest BCUT2D eigenvalue weighted by molar-refractivity contribution is -0.137. The van der Waals surface area contributed by atoms with E-state index in [1.54, 1.807) is 0 Å². The topological polar surface area (TPSA) is 53.5 Å². The third-order valence-electron chi connectivity index (χ3n) is 2.94. The second kappa shape index (κ2) is 7.58. The summed E-state index contributed by atoms with van der Waals surface area (Å²) >= 11 is 0. The van der Waals surface area contributed by atoms with Crippen LogP contribution in [0.2, 0.25) is 0 Å². The van der Waals surface area contributed by atoms with Crippen LogP contribution in [0, 0.1) is 5.82 Å². The monoisotopic (exact) mass is 339 g/mol. The van der Waals surface area contributed by atoms with Crippen LogP contribution < -0.4 is 10.7 Å². The molecule has 0 aliphatic heterocycles. The van der Waals surface area contributed by atoms with Crippen molar-refractivity contribution in [3.63, 3.8) is 0 Å². The van der Waals surface area contributed by atoms with Gasteiger partial charge in [-0.3, -0.25) is 4.79 Å². The zero-order valence-corrected chi connectivity index (χ0v) is 12.3. The number of anilines is 1. The summed E-state index contributed by atoms with van der Waals surface area (Å²) in [6.07, 6.45) is -3.16. The molecule has 0 spiro atoms. The highest BCUT2D eigenvalue weighted by molar-refractivity contribution is 5.84. The lowest BCUT2D eigenvalue weighted by atomic mass is 10.1. The van der Waals surface area contributed by atoms with Crippen molar-refractivity contribution in [2.75, 3.05) is 11.9 Å². The Morgan fingerprint density at radius 2 is 1.67 bits per heavy atom. The molecule has 0 fully saturated rings. The maximum Gasteiger partial charge on any atom is 0.416 e. The van der Waals surface area contributed by atoms with Crippen LogP contribution in [-0.2, 0) is 11.0 Å². The summed E-state index contributed by atoms with van der Waals surface area (Å²) in [5.41, 5.74) is 2.45. The van der Waals surface area contributed by atoms with Gasteiger partial charge in [0, 0.05) is 5.69 Å². The molecule has 0 saturated carbocycles. The van der Waals surface area contributed by atoms with E-state index < -0.39 is 17.6 Å². The van der Waals surface area contributed by atoms with Crippen molar-refractivity contribution in [1.82, 2.24) is 5.43 Å². The number of halogens is 4. The highest BCUT2D eigenvalue weighted by Gasteiger charge is 2.29. The molecule has 0 unspecified atom stereocenters. The second-order valence-corrected chi connectivity index (χ2v) is 4.77. The van der Waals surface area contributed by atoms with Gasteiger partial charge in [-0.05, 0) is 42.0 Å². The fourth-order valence-electron chi connectivity index (χ4n) is 1.73. The van der Waals surface area contributed by atoms with Crippen LogP contribution in [0.3, 0.4) is 0 Å². The number of nitrogens with one attached hydrogen (secondary N) is 2. The predicted octanol–water partition coefficient (Wildman–Crippen LogP) is 3.41. The minimum Gasteiger partial charge on any atom is -0.376 e. The van der Waals surface area contributed by atoms with Gasteiger partial charge in [-0.15, -0.1) is 0 Å². The molecule has 0 radical (unpaired) electrons. The van der Waals surface area contributed by atoms with Gasteiger partial charge in [0.2, 0.25) is 0 Å². The van der Waals surface area contributed by atoms with Crippen LogP contribution in [-0.4, -0.2) is 18.7 Å². The van der Waals surface area contributed by atoms with E-state index in [4.69, 9.17) is 0 Å². The summed E-state index contributed by atoms with van der Waals surface area (Å²) in [5.74, 6) is -0.839. The molecular weight excluding hydrogens is 326 g/mol. The number of carbonyl (C=O) groups excluding carboxylic acids is 1. The molecule has 24 heavy (non-hydrogen) atoms. The smallest absolute Gasteiger partial charge is 0.376 e. The molecule has 0 aromatic heterocycles. The maximum absolute atomic E-state index is 12.7. The third kappa shape index (κ3) is 5.38. The number of rotatable bonds is 5. The van der Waals surface area contributed by atoms with E-state index in [2.05, 4.69) is 15.8 Å². The molecule has 0 bridgehead atoms. The van der Waals surface area contributed by atoms with Crippen molar-refractivity contribution in [1.29, 1.82) is 0 Å². The van der Waals surface area contributed by atoms with Gasteiger partial charge in [0.25, 0.3) is 5.91 Å². The first-order chi connectivity index (χ1) is 11.3. The Labute approximate surface area is 135 Å². The van der Waals surface area contributed by atoms with Gasteiger partial charge >= 0.3 is 6.18 Å². The van der Waals surface area contributed by atoms with Crippen molar-refractivity contribution in [2.45, 2.75) is 6.18 Å². The van der Waals surface area contributed by atoms with Gasteiger partial charge in [0.05, 0.1) is 18.3 Å². The minimum atomic E-state index is -4.39. The Bertz CT molecular complexity index is 710. The van der Waals surface area contributed by atoms with Crippen LogP contribution >= 0.6 is 0 Å². The summed E-state index contributed by atoms with van der Waals surface area (Å²) in [7, 11) is 0. The van der Waals surface area contributed by atoms with Crippen LogP contribution in [0.15, 0.2) is 53.6 Å². The van der Waals surface area contributed by atoms with Crippen molar-refractivity contribution in [2.24, 2.45) is 5.10 Å². The molecule has 1 amide bonds. The van der Waals surface area contributed by atoms with E-state index in [0.717, 1.165) is 12.1 Å². The Hall–Kier alpha value is -2.90. The van der Waals surface area contributed by atoms with Crippen LogP contribution in [0.4, 0.5) is 23.2 Å². The average molecular weight is 339 g/mol. The Morgan fingerprint density at radius 3 is 2.25 bits per heavy atom. The summed E-state index contributed by atoms with van der Waals surface area (Å²) in [5, 5.41) is 6.42. The zero-order chi connectivity index (χ0) is 17.6. The van der Waals surface area contributed by atoms with Gasteiger partial charge < -0.3 is 5.32 Å². The minimum absolute atomic E-state index is 0.0873. The first-order valence-corrected chi connectivity index (χ1v) is 6.83. The van der Waals surface area contributed by atoms with E-state index in [-0.39, 0.29) is 12.4 Å². The largest absolute Gasteiger partial charge is 0.416 e. The van der Waals surface area contributed by atoms with Crippen molar-refractivity contribution in [3.05, 3.63) is 65.5 Å². The fourth-order valence-corrected chi connectivity index (χ4v) is 1.73. The summed E-state index contributed by atoms with van der Waals surface area (Å²) in [6.45, 7) is -0.0873. The average Bonchev–Trinajstić information content (AvgIpc) is 2.54. The van der Waals surface area contributed by atoms with E-state index >= 15 is 0 Å². The maximum atomic E-state index is 12.7. The van der Waals surface area contributed by atoms with E-state index in [1.807, 2.05) is 0 Å². The number of hydrazone groups is 1. The Morgan fingerprint density at radius 1 is 1.04 bits per heavy atom. The van der Waals surface area contributed by atoms with Crippen LogP contribution in [0.5, 0.6) is 0 Å². The molecule has 2 aromatic rings. The van der Waals surface area contributed by atoms with Gasteiger partial charge in [-0.1, -0.05) is 12.1 Å². The van der Waals surface area contributed by atoms with Gasteiger partial charge in [0.1, 0.15) is 5.82 Å². The highest BCUT2D eigenvalue weighted by Crippen LogP contribution is 2.28. The van der Waals surface area contributed by atoms with Crippen LogP contribution in [0.25, 0.3) is 0 Å². The van der Waals surface area contributed by atoms with Gasteiger partial charge in [-0.2, -0.15) is 18.3 Å². The van der Waals surface area contributed by atoms with Gasteiger partial charge in [0.15, 0.2) is 0 Å². The molecule has 126 valence electrons. The zero-order valence-electron chi connectivity index (χ0n) is 12.3. The lowest BCUT2D eigenvalue weighted by Crippen LogP contribution is -2.25. The number of amides is 1. The summed E-state index contributed by atoms with van der Waals surface area (Å²) in [6, 6.07) is 9.82. The first-order valence-electron chi connectivity index (χ1n) is 6.83. The first kappa shape index (κ1) is 17.5. The summed E-state index contributed by atoms with van der Waals surface area (Å²) in [4.78, 5) is 11.5. The number of benzene rings is 2. The molecule has 0 saturated heterocycles. The normalized spacial score (nSPS) is 11.5. The number of nitrogens with zero attached hydrogens (tertiary/aromatic N) is 1. The predicted molar refractivity (Wildman–Crippen MR) is 82.1 cm³/mol. The Balaban J connectivity index is 1.80. The van der Waals surface area contributed by atoms with Crippen molar-refractivity contribution >= 4 is 17.8 Å². The molecule has 0 aliphatic carbocycles. The molecule has 0 atom stereocenters. The number of alkyl halides is 3. The lowest BCUT2D eigenvalue weighted by Gasteiger charge is -2.06. The molecule has 2 N–H and O–H groups in total. The van der Waals surface area contributed by atoms with Crippen molar-refractivity contribution < 1.29 is 22.4 Å². The molecule has 4 nitrogen and oxygen atoms in total. The van der Waals surface area contributed by atoms with E-state index in [1.165, 1.54) is 42.6 Å². The number of hydrogen-bond acceptors (Lipinski definition) is 3. The number of hydrogen-bond donors (Lipinski definition) is 2. The molecule has 8 heteroatoms. The second-order valence-electron chi connectivity index (χ2n) is 4.77. The highest BCUT2D eigenvalue weighted by atomic mass is 19.4. The summed E-state index contributed by atoms with van der Waals surface area (Å²) < 4.78 is 49.9. The molecule has 2 rings (SSSR count). The Kier molecular flexibility index (Phi) is 5.51. The number of carbonyl (C=O) groups is 1. The third-order valence-corrected chi connectivity index (χ3v) is 2.94. The van der Waals surface area contributed by atoms with Gasteiger partial charge in [-0.25, -0.2) is 9.82 Å². The van der Waals surface area contributed by atoms with E-state index in [9.17, 15) is 22.4 Å². The molecule has 0 aliphatic rings. The SMILES string of the molecule is O=C(CNc1ccc(F)cc1)N/N=C\c1ccc(C(F)(F)F)cc1. The standard InChI is InChI=1S/C16H13F4N3O/c17-13-5-7-14(8-6-13)21-10-15(24)23-22-9-11-1-3-12(4-2-11)16(18,19)20/h1-9,21H,10H2,(H,23,24)/b22-9-. The molecule has 2 aromatic carbocycles. The fraction of sp³-hybridized carbons (Fsp3) is 0.125. The molecular formula is C16H13F4N3O. The molecule has 0 heterocycles. The van der Waals surface area contributed by atoms with Crippen molar-refractivity contribution in [3.8, 4) is 0 Å². The quantitative estimate of drug-likeness (QED) is 0.498. The van der Waals surface area contributed by atoms with Crippen LogP contribution in [0.1, 0.15) is 11.1 Å².